The van der Waals surface area contributed by atoms with Crippen molar-refractivity contribution in [2.75, 3.05) is 18.1 Å². The van der Waals surface area contributed by atoms with Crippen molar-refractivity contribution in [3.8, 4) is 0 Å². The Balaban J connectivity index is 2.05. The molecule has 4 nitrogen and oxygen atoms in total. The van der Waals surface area contributed by atoms with Gasteiger partial charge in [-0.3, -0.25) is 14.7 Å². The molecule has 1 saturated heterocycles. The van der Waals surface area contributed by atoms with Gasteiger partial charge in [0.05, 0.1) is 12.1 Å². The minimum absolute atomic E-state index is 0.127. The lowest BCUT2D eigenvalue weighted by Crippen LogP contribution is -2.43. The highest BCUT2D eigenvalue weighted by molar-refractivity contribution is 7.99. The van der Waals surface area contributed by atoms with Crippen LogP contribution < -0.4 is 0 Å². The number of hydrogen-bond acceptors (Lipinski definition) is 4. The highest BCUT2D eigenvalue weighted by Crippen LogP contribution is 2.21. The quantitative estimate of drug-likeness (QED) is 0.900. The molecule has 2 rings (SSSR count). The largest absolute Gasteiger partial charge is 0.481 e. The van der Waals surface area contributed by atoms with Gasteiger partial charge in [-0.2, -0.15) is 11.8 Å². The van der Waals surface area contributed by atoms with Crippen LogP contribution >= 0.6 is 11.8 Å². The van der Waals surface area contributed by atoms with Gasteiger partial charge in [0.1, 0.15) is 0 Å². The smallest absolute Gasteiger partial charge is 0.304 e. The van der Waals surface area contributed by atoms with E-state index in [1.54, 1.807) is 6.20 Å². The number of carboxylic acids is 1. The highest BCUT2D eigenvalue weighted by Gasteiger charge is 2.25. The van der Waals surface area contributed by atoms with Gasteiger partial charge < -0.3 is 5.11 Å². The number of nitrogens with zero attached hydrogens (tertiary/aromatic N) is 2. The molecule has 1 aliphatic rings. The summed E-state index contributed by atoms with van der Waals surface area (Å²) in [6, 6.07) is 4.11. The maximum atomic E-state index is 10.9. The van der Waals surface area contributed by atoms with Crippen LogP contribution in [0.5, 0.6) is 0 Å². The van der Waals surface area contributed by atoms with E-state index in [0.717, 1.165) is 30.3 Å². The van der Waals surface area contributed by atoms with Crippen LogP contribution in [-0.2, 0) is 11.3 Å². The normalized spacial score (nSPS) is 20.8. The molecule has 5 heteroatoms. The summed E-state index contributed by atoms with van der Waals surface area (Å²) in [6.07, 6.45) is 2.02. The molecule has 18 heavy (non-hydrogen) atoms. The second-order valence-electron chi connectivity index (χ2n) is 4.56. The second-order valence-corrected chi connectivity index (χ2v) is 5.71. The van der Waals surface area contributed by atoms with E-state index < -0.39 is 5.97 Å². The number of hydrogen-bond donors (Lipinski definition) is 1. The summed E-state index contributed by atoms with van der Waals surface area (Å²) in [4.78, 5) is 17.5. The van der Waals surface area contributed by atoms with E-state index in [1.807, 2.05) is 30.8 Å². The summed E-state index contributed by atoms with van der Waals surface area (Å²) in [6.45, 7) is 3.75. The third-order valence-corrected chi connectivity index (χ3v) is 4.32. The molecular formula is C13H18N2O2S. The number of pyridine rings is 1. The zero-order chi connectivity index (χ0) is 13.0. The summed E-state index contributed by atoms with van der Waals surface area (Å²) in [7, 11) is 0. The first kappa shape index (κ1) is 13.4. The molecule has 2 heterocycles. The van der Waals surface area contributed by atoms with E-state index in [9.17, 15) is 4.79 Å². The lowest BCUT2D eigenvalue weighted by molar-refractivity contribution is -0.138. The molecule has 0 radical (unpaired) electrons. The van der Waals surface area contributed by atoms with Crippen molar-refractivity contribution in [1.82, 2.24) is 9.88 Å². The molecule has 98 valence electrons. The zero-order valence-corrected chi connectivity index (χ0v) is 11.3. The molecule has 0 aliphatic carbocycles. The molecule has 0 bridgehead atoms. The topological polar surface area (TPSA) is 53.4 Å². The molecule has 1 unspecified atom stereocenters. The van der Waals surface area contributed by atoms with Crippen LogP contribution in [0, 0.1) is 6.92 Å². The number of rotatable bonds is 4. The Morgan fingerprint density at radius 1 is 1.67 bits per heavy atom. The van der Waals surface area contributed by atoms with Gasteiger partial charge in [0.2, 0.25) is 0 Å². The van der Waals surface area contributed by atoms with Crippen molar-refractivity contribution in [2.24, 2.45) is 0 Å². The molecule has 1 aromatic rings. The predicted octanol–water partition coefficient (Wildman–Crippen LogP) is 1.78. The minimum atomic E-state index is -0.717. The molecule has 1 aromatic heterocycles. The van der Waals surface area contributed by atoms with Gasteiger partial charge in [-0.05, 0) is 18.6 Å². The van der Waals surface area contributed by atoms with E-state index in [2.05, 4.69) is 9.88 Å². The maximum Gasteiger partial charge on any atom is 0.304 e. The van der Waals surface area contributed by atoms with Crippen molar-refractivity contribution < 1.29 is 9.90 Å². The van der Waals surface area contributed by atoms with Crippen LogP contribution in [0.25, 0.3) is 0 Å². The Hall–Kier alpha value is -1.07. The van der Waals surface area contributed by atoms with Gasteiger partial charge in [-0.1, -0.05) is 6.07 Å². The van der Waals surface area contributed by atoms with Crippen LogP contribution in [0.1, 0.15) is 17.7 Å². The number of thioether (sulfide) groups is 1. The fourth-order valence-corrected chi connectivity index (χ4v) is 3.29. The number of aromatic nitrogens is 1. The Labute approximate surface area is 111 Å². The summed E-state index contributed by atoms with van der Waals surface area (Å²) >= 11 is 1.84. The molecule has 1 atom stereocenters. The first-order valence-corrected chi connectivity index (χ1v) is 7.26. The Morgan fingerprint density at radius 2 is 2.50 bits per heavy atom. The summed E-state index contributed by atoms with van der Waals surface area (Å²) in [5.41, 5.74) is 2.23. The third kappa shape index (κ3) is 3.46. The lowest BCUT2D eigenvalue weighted by atomic mass is 10.1. The average molecular weight is 266 g/mol. The average Bonchev–Trinajstić information content (AvgIpc) is 2.34. The maximum absolute atomic E-state index is 10.9. The second kappa shape index (κ2) is 6.20. The highest BCUT2D eigenvalue weighted by atomic mass is 32.2. The number of carbonyl (C=O) groups is 1. The van der Waals surface area contributed by atoms with Gasteiger partial charge in [0.25, 0.3) is 0 Å². The minimum Gasteiger partial charge on any atom is -0.481 e. The molecule has 1 N–H and O–H groups in total. The third-order valence-electron chi connectivity index (χ3n) is 3.23. The Bertz CT molecular complexity index is 425. The fourth-order valence-electron chi connectivity index (χ4n) is 2.16. The molecule has 0 spiro atoms. The van der Waals surface area contributed by atoms with E-state index in [4.69, 9.17) is 5.11 Å². The lowest BCUT2D eigenvalue weighted by Gasteiger charge is -2.34. The Kier molecular flexibility index (Phi) is 4.60. The number of aryl methyl sites for hydroxylation is 1. The Morgan fingerprint density at radius 3 is 3.22 bits per heavy atom. The standard InChI is InChI=1S/C13H18N2O2S/c1-10-3-2-4-14-12(10)8-15-5-6-18-9-11(15)7-13(16)17/h2-4,11H,5-9H2,1H3,(H,16,17). The van der Waals surface area contributed by atoms with Crippen LogP contribution in [-0.4, -0.2) is 45.1 Å². The van der Waals surface area contributed by atoms with Crippen molar-refractivity contribution >= 4 is 17.7 Å². The van der Waals surface area contributed by atoms with Crippen molar-refractivity contribution in [2.45, 2.75) is 25.9 Å². The van der Waals surface area contributed by atoms with Gasteiger partial charge >= 0.3 is 5.97 Å². The van der Waals surface area contributed by atoms with E-state index >= 15 is 0 Å². The van der Waals surface area contributed by atoms with Crippen LogP contribution in [0.3, 0.4) is 0 Å². The SMILES string of the molecule is Cc1cccnc1CN1CCSCC1CC(=O)O. The molecular weight excluding hydrogens is 248 g/mol. The van der Waals surface area contributed by atoms with E-state index in [0.29, 0.717) is 0 Å². The monoisotopic (exact) mass is 266 g/mol. The molecule has 1 fully saturated rings. The van der Waals surface area contributed by atoms with E-state index in [-0.39, 0.29) is 12.5 Å². The zero-order valence-electron chi connectivity index (χ0n) is 10.5. The van der Waals surface area contributed by atoms with Crippen molar-refractivity contribution in [3.63, 3.8) is 0 Å². The van der Waals surface area contributed by atoms with Crippen LogP contribution in [0.15, 0.2) is 18.3 Å². The first-order chi connectivity index (χ1) is 8.66. The van der Waals surface area contributed by atoms with Crippen LogP contribution in [0.4, 0.5) is 0 Å². The summed E-state index contributed by atoms with van der Waals surface area (Å²) in [5, 5.41) is 8.95. The van der Waals surface area contributed by atoms with Crippen molar-refractivity contribution in [1.29, 1.82) is 0 Å². The molecule has 0 amide bonds. The number of aliphatic carboxylic acids is 1. The predicted molar refractivity (Wildman–Crippen MR) is 72.7 cm³/mol. The van der Waals surface area contributed by atoms with Crippen molar-refractivity contribution in [3.05, 3.63) is 29.6 Å². The fraction of sp³-hybridized carbons (Fsp3) is 0.538. The van der Waals surface area contributed by atoms with Gasteiger partial charge in [0.15, 0.2) is 0 Å². The summed E-state index contributed by atoms with van der Waals surface area (Å²) in [5.74, 6) is 1.26. The molecule has 0 aromatic carbocycles. The van der Waals surface area contributed by atoms with Gasteiger partial charge in [-0.25, -0.2) is 0 Å². The number of carboxylic acid groups (broad SMARTS) is 1. The van der Waals surface area contributed by atoms with Crippen LogP contribution in [0.2, 0.25) is 0 Å². The van der Waals surface area contributed by atoms with Gasteiger partial charge in [-0.15, -0.1) is 0 Å². The molecule has 0 saturated carbocycles. The molecule has 1 aliphatic heterocycles. The first-order valence-electron chi connectivity index (χ1n) is 6.11. The summed E-state index contributed by atoms with van der Waals surface area (Å²) < 4.78 is 0. The van der Waals surface area contributed by atoms with E-state index in [1.165, 1.54) is 5.56 Å². The van der Waals surface area contributed by atoms with Gasteiger partial charge in [0, 0.05) is 36.8 Å².